The number of benzene rings is 3. The van der Waals surface area contributed by atoms with Crippen molar-refractivity contribution in [3.63, 3.8) is 0 Å². The maximum absolute atomic E-state index is 13.9. The lowest BCUT2D eigenvalue weighted by molar-refractivity contribution is -0.120. The van der Waals surface area contributed by atoms with Gasteiger partial charge in [0, 0.05) is 53.4 Å². The average molecular weight is 691 g/mol. The first-order valence-corrected chi connectivity index (χ1v) is 17.7. The molecule has 4 heterocycles. The van der Waals surface area contributed by atoms with Gasteiger partial charge in [0.05, 0.1) is 0 Å². The van der Waals surface area contributed by atoms with Crippen LogP contribution in [0.2, 0.25) is 0 Å². The van der Waals surface area contributed by atoms with Crippen molar-refractivity contribution in [2.24, 2.45) is 0 Å². The summed E-state index contributed by atoms with van der Waals surface area (Å²) in [4.78, 5) is 87.5. The third-order valence-electron chi connectivity index (χ3n) is 10.7. The molecule has 51 heavy (non-hydrogen) atoms. The minimum absolute atomic E-state index is 0.329. The van der Waals surface area contributed by atoms with Crippen LogP contribution in [0.25, 0.3) is 0 Å². The molecule has 4 aliphatic rings. The van der Waals surface area contributed by atoms with Crippen molar-refractivity contribution in [1.82, 2.24) is 14.7 Å². The third-order valence-corrected chi connectivity index (χ3v) is 10.7. The van der Waals surface area contributed by atoms with E-state index >= 15 is 0 Å². The van der Waals surface area contributed by atoms with E-state index in [0.29, 0.717) is 91.9 Å². The van der Waals surface area contributed by atoms with Gasteiger partial charge in [0.25, 0.3) is 17.7 Å². The number of aryl methyl sites for hydroxylation is 3. The molecule has 3 atom stereocenters. The normalized spacial score (nSPS) is 22.9. The molecule has 6 bridgehead atoms. The van der Waals surface area contributed by atoms with E-state index in [1.807, 2.05) is 20.8 Å². The molecule has 0 aliphatic carbocycles. The number of carbonyl (C=O) groups excluding carboxylic acids is 6. The van der Waals surface area contributed by atoms with E-state index in [1.165, 1.54) is 0 Å². The Balaban J connectivity index is 1.27. The SMILES string of the molecule is Cc1ccc2cc1NC(=O)[C@@H]1CCCN1C(=O)c1ccc(C)c(c1)NC(=O)[C@@H]1CCCN1C(=O)c1ccc(C)c(c1)NC(=O)[C@@H]1CCCN1C2=O. The van der Waals surface area contributed by atoms with Crippen LogP contribution in [-0.4, -0.2) is 87.9 Å². The highest BCUT2D eigenvalue weighted by molar-refractivity contribution is 6.07. The molecular weight excluding hydrogens is 648 g/mol. The van der Waals surface area contributed by atoms with Gasteiger partial charge in [-0.25, -0.2) is 0 Å². The van der Waals surface area contributed by atoms with Crippen molar-refractivity contribution in [1.29, 1.82) is 0 Å². The Hall–Kier alpha value is -5.52. The Morgan fingerprint density at radius 3 is 1.00 bits per heavy atom. The molecule has 12 heteroatoms. The predicted octanol–water partition coefficient (Wildman–Crippen LogP) is 4.66. The number of nitrogens with one attached hydrogen (secondary N) is 3. The molecule has 0 unspecified atom stereocenters. The number of carbonyl (C=O) groups is 6. The molecule has 3 aromatic rings. The molecule has 3 N–H and O–H groups in total. The summed E-state index contributed by atoms with van der Waals surface area (Å²) in [6, 6.07) is 13.0. The van der Waals surface area contributed by atoms with Crippen molar-refractivity contribution in [2.45, 2.75) is 77.4 Å². The number of hydrogen-bond donors (Lipinski definition) is 3. The molecule has 3 aromatic carbocycles. The predicted molar refractivity (Wildman–Crippen MR) is 192 cm³/mol. The largest absolute Gasteiger partial charge is 0.327 e. The number of amides is 6. The van der Waals surface area contributed by atoms with Crippen LogP contribution in [-0.2, 0) is 14.4 Å². The highest BCUT2D eigenvalue weighted by Gasteiger charge is 2.38. The summed E-state index contributed by atoms with van der Waals surface area (Å²) >= 11 is 0. The molecule has 0 aromatic heterocycles. The topological polar surface area (TPSA) is 148 Å². The first kappa shape index (κ1) is 34.0. The maximum Gasteiger partial charge on any atom is 0.254 e. The summed E-state index contributed by atoms with van der Waals surface area (Å²) in [5, 5.41) is 8.90. The highest BCUT2D eigenvalue weighted by atomic mass is 16.2. The van der Waals surface area contributed by atoms with E-state index in [4.69, 9.17) is 0 Å². The number of fused-ring (bicyclic) bond motifs is 9. The van der Waals surface area contributed by atoms with Crippen molar-refractivity contribution < 1.29 is 28.8 Å². The van der Waals surface area contributed by atoms with E-state index in [1.54, 1.807) is 69.3 Å². The van der Waals surface area contributed by atoms with Gasteiger partial charge >= 0.3 is 0 Å². The summed E-state index contributed by atoms with van der Waals surface area (Å²) in [7, 11) is 0. The monoisotopic (exact) mass is 690 g/mol. The lowest BCUT2D eigenvalue weighted by Crippen LogP contribution is -2.44. The summed E-state index contributed by atoms with van der Waals surface area (Å²) < 4.78 is 0. The average Bonchev–Trinajstić information content (AvgIpc) is 3.91. The second kappa shape index (κ2) is 13.7. The van der Waals surface area contributed by atoms with Crippen LogP contribution in [0.5, 0.6) is 0 Å². The minimum atomic E-state index is -0.730. The Morgan fingerprint density at radius 2 is 0.725 bits per heavy atom. The van der Waals surface area contributed by atoms with Gasteiger partial charge in [0.1, 0.15) is 18.1 Å². The maximum atomic E-state index is 13.9. The van der Waals surface area contributed by atoms with E-state index in [-0.39, 0.29) is 35.4 Å². The molecule has 0 spiro atoms. The molecule has 0 radical (unpaired) electrons. The van der Waals surface area contributed by atoms with Crippen LogP contribution in [0.3, 0.4) is 0 Å². The van der Waals surface area contributed by atoms with Gasteiger partial charge in [-0.1, -0.05) is 18.2 Å². The van der Waals surface area contributed by atoms with Crippen molar-refractivity contribution >= 4 is 52.5 Å². The summed E-state index contributed by atoms with van der Waals surface area (Å²) in [5.74, 6) is -2.06. The fourth-order valence-electron chi connectivity index (χ4n) is 7.66. The Bertz CT molecular complexity index is 1750. The number of hydrogen-bond acceptors (Lipinski definition) is 6. The van der Waals surface area contributed by atoms with Crippen molar-refractivity contribution in [2.75, 3.05) is 35.6 Å². The van der Waals surface area contributed by atoms with Crippen molar-refractivity contribution in [3.05, 3.63) is 88.0 Å². The molecule has 12 nitrogen and oxygen atoms in total. The van der Waals surface area contributed by atoms with Gasteiger partial charge in [-0.2, -0.15) is 0 Å². The van der Waals surface area contributed by atoms with E-state index in [2.05, 4.69) is 16.0 Å². The standard InChI is InChI=1S/C39H42N6O6/c1-22-10-13-25-19-28(22)40-34(46)31-7-4-16-43(31)38(50)26-14-11-23(2)29(20-26)42-36(48)33-9-6-18-45(33)39(51)27-15-12-24(3)30(21-27)41-35(47)32-8-5-17-44(32)37(25)49/h10-15,19-21,31-33H,4-9,16-18H2,1-3H3,(H,40,46)(H,41,47)(H,42,48)/t31-,32-,33-/m0/s1. The highest BCUT2D eigenvalue weighted by Crippen LogP contribution is 2.30. The molecule has 7 rings (SSSR count). The first-order chi connectivity index (χ1) is 24.5. The fourth-order valence-corrected chi connectivity index (χ4v) is 7.66. The Labute approximate surface area is 296 Å². The number of nitrogens with zero attached hydrogens (tertiary/aromatic N) is 3. The van der Waals surface area contributed by atoms with Crippen LogP contribution in [0.4, 0.5) is 17.1 Å². The van der Waals surface area contributed by atoms with Crippen LogP contribution >= 0.6 is 0 Å². The van der Waals surface area contributed by atoms with Gasteiger partial charge in [0.2, 0.25) is 17.7 Å². The van der Waals surface area contributed by atoms with Crippen molar-refractivity contribution in [3.8, 4) is 0 Å². The number of anilines is 3. The van der Waals surface area contributed by atoms with E-state index < -0.39 is 18.1 Å². The van der Waals surface area contributed by atoms with Gasteiger partial charge < -0.3 is 30.7 Å². The number of rotatable bonds is 0. The second-order valence-corrected chi connectivity index (χ2v) is 14.0. The molecule has 264 valence electrons. The molecule has 3 saturated heterocycles. The minimum Gasteiger partial charge on any atom is -0.327 e. The quantitative estimate of drug-likeness (QED) is 0.313. The molecule has 3 fully saturated rings. The van der Waals surface area contributed by atoms with Gasteiger partial charge in [0.15, 0.2) is 0 Å². The summed E-state index contributed by atoms with van der Waals surface area (Å²) in [6.07, 6.45) is 3.35. The smallest absolute Gasteiger partial charge is 0.254 e. The van der Waals surface area contributed by atoms with Crippen LogP contribution in [0.15, 0.2) is 54.6 Å². The van der Waals surface area contributed by atoms with E-state index in [9.17, 15) is 28.8 Å². The first-order valence-electron chi connectivity index (χ1n) is 17.7. The van der Waals surface area contributed by atoms with E-state index in [0.717, 1.165) is 16.7 Å². The Kier molecular flexibility index (Phi) is 9.09. The molecule has 0 saturated carbocycles. The van der Waals surface area contributed by atoms with Crippen LogP contribution < -0.4 is 16.0 Å². The molecular formula is C39H42N6O6. The van der Waals surface area contributed by atoms with Crippen LogP contribution in [0.1, 0.15) is 86.3 Å². The zero-order valence-corrected chi connectivity index (χ0v) is 29.1. The lowest BCUT2D eigenvalue weighted by atomic mass is 10.1. The summed E-state index contributed by atoms with van der Waals surface area (Å²) in [5.41, 5.74) is 4.62. The fraction of sp³-hybridized carbons (Fsp3) is 0.385. The third kappa shape index (κ3) is 6.46. The van der Waals surface area contributed by atoms with Gasteiger partial charge in [-0.3, -0.25) is 28.8 Å². The molecule has 4 aliphatic heterocycles. The zero-order valence-electron chi connectivity index (χ0n) is 29.1. The van der Waals surface area contributed by atoms with Gasteiger partial charge in [-0.05, 0) is 112 Å². The lowest BCUT2D eigenvalue weighted by Gasteiger charge is -2.27. The van der Waals surface area contributed by atoms with Crippen LogP contribution in [0, 0.1) is 20.8 Å². The molecule has 6 amide bonds. The summed E-state index contributed by atoms with van der Waals surface area (Å²) in [6.45, 7) is 6.66. The van der Waals surface area contributed by atoms with Gasteiger partial charge in [-0.15, -0.1) is 0 Å². The second-order valence-electron chi connectivity index (χ2n) is 14.0. The Morgan fingerprint density at radius 1 is 0.451 bits per heavy atom. The zero-order chi connectivity index (χ0) is 36.0.